The molecule has 0 aromatic heterocycles. The van der Waals surface area contributed by atoms with E-state index in [0.29, 0.717) is 12.8 Å². The van der Waals surface area contributed by atoms with Crippen LogP contribution in [0.1, 0.15) is 50.9 Å². The lowest BCUT2D eigenvalue weighted by Crippen LogP contribution is -2.39. The van der Waals surface area contributed by atoms with E-state index in [1.54, 1.807) is 20.8 Å². The number of rotatable bonds is 8. The van der Waals surface area contributed by atoms with Gasteiger partial charge in [-0.25, -0.2) is 8.42 Å². The molecule has 9 heteroatoms. The van der Waals surface area contributed by atoms with Crippen molar-refractivity contribution in [3.05, 3.63) is 28.8 Å². The van der Waals surface area contributed by atoms with Crippen LogP contribution < -0.4 is 4.31 Å². The molecule has 0 aliphatic heterocycles. The summed E-state index contributed by atoms with van der Waals surface area (Å²) >= 11 is 6.02. The lowest BCUT2D eigenvalue weighted by molar-refractivity contribution is -0.160. The number of hydrogen-bond donors (Lipinski definition) is 0. The molecule has 1 aromatic carbocycles. The van der Waals surface area contributed by atoms with Gasteiger partial charge in [0.1, 0.15) is 5.60 Å². The first kappa shape index (κ1) is 23.3. The molecule has 1 fully saturated rings. The molecule has 0 bridgehead atoms. The van der Waals surface area contributed by atoms with Crippen molar-refractivity contribution >= 4 is 44.8 Å². The van der Waals surface area contributed by atoms with Crippen molar-refractivity contribution in [2.45, 2.75) is 46.1 Å². The van der Waals surface area contributed by atoms with Gasteiger partial charge in [0, 0.05) is 23.6 Å². The van der Waals surface area contributed by atoms with Gasteiger partial charge in [0.15, 0.2) is 17.5 Å². The molecule has 1 aliphatic carbocycles. The largest absolute Gasteiger partial charge is 0.459 e. The van der Waals surface area contributed by atoms with Crippen LogP contribution in [-0.2, 0) is 24.3 Å². The minimum Gasteiger partial charge on any atom is -0.459 e. The zero-order valence-corrected chi connectivity index (χ0v) is 18.8. The number of Topliss-reactive ketones (excluding diaryl/α,β-unsaturated/α-hetero) is 2. The van der Waals surface area contributed by atoms with Crippen LogP contribution in [0.25, 0.3) is 0 Å². The van der Waals surface area contributed by atoms with Gasteiger partial charge in [-0.15, -0.1) is 0 Å². The number of carbonyl (C=O) groups is 3. The predicted octanol–water partition coefficient (Wildman–Crippen LogP) is 3.25. The van der Waals surface area contributed by atoms with Crippen LogP contribution in [0.15, 0.2) is 18.2 Å². The van der Waals surface area contributed by atoms with Gasteiger partial charge in [-0.3, -0.25) is 18.7 Å². The second-order valence-electron chi connectivity index (χ2n) is 8.04. The Hall–Kier alpha value is -1.93. The van der Waals surface area contributed by atoms with E-state index in [1.165, 1.54) is 32.2 Å². The summed E-state index contributed by atoms with van der Waals surface area (Å²) in [5.41, 5.74) is -0.940. The molecule has 0 amide bonds. The Bertz CT molecular complexity index is 931. The molecular weight excluding hydrogens is 418 g/mol. The molecule has 2 rings (SSSR count). The molecule has 7 nitrogen and oxygen atoms in total. The Morgan fingerprint density at radius 1 is 1.24 bits per heavy atom. The summed E-state index contributed by atoms with van der Waals surface area (Å²) in [4.78, 5) is 38.8. The van der Waals surface area contributed by atoms with Crippen molar-refractivity contribution in [3.8, 4) is 0 Å². The smallest absolute Gasteiger partial charge is 0.325 e. The number of ether oxygens (including phenoxy) is 1. The van der Waals surface area contributed by atoms with E-state index >= 15 is 0 Å². The molecule has 29 heavy (non-hydrogen) atoms. The summed E-state index contributed by atoms with van der Waals surface area (Å²) < 4.78 is 30.9. The Labute approximate surface area is 176 Å². The van der Waals surface area contributed by atoms with Crippen LogP contribution in [0.3, 0.4) is 0 Å². The number of halogens is 1. The molecule has 1 saturated carbocycles. The van der Waals surface area contributed by atoms with Crippen LogP contribution in [0.5, 0.6) is 0 Å². The first-order valence-corrected chi connectivity index (χ1v) is 11.3. The molecule has 0 radical (unpaired) electrons. The highest BCUT2D eigenvalue weighted by molar-refractivity contribution is 7.92. The van der Waals surface area contributed by atoms with Crippen molar-refractivity contribution < 1.29 is 27.5 Å². The topological polar surface area (TPSA) is 97.8 Å². The number of nitrogens with zero attached hydrogens (tertiary/aromatic N) is 1. The van der Waals surface area contributed by atoms with E-state index in [1.807, 2.05) is 0 Å². The van der Waals surface area contributed by atoms with Crippen LogP contribution in [0.2, 0.25) is 5.02 Å². The molecule has 1 aliphatic rings. The van der Waals surface area contributed by atoms with Crippen LogP contribution in [0.4, 0.5) is 5.69 Å². The Morgan fingerprint density at radius 3 is 2.31 bits per heavy atom. The van der Waals surface area contributed by atoms with E-state index in [2.05, 4.69) is 0 Å². The van der Waals surface area contributed by atoms with E-state index in [4.69, 9.17) is 16.3 Å². The van der Waals surface area contributed by atoms with Gasteiger partial charge in [-0.1, -0.05) is 11.6 Å². The highest BCUT2D eigenvalue weighted by atomic mass is 35.5. The van der Waals surface area contributed by atoms with E-state index in [-0.39, 0.29) is 27.9 Å². The van der Waals surface area contributed by atoms with Gasteiger partial charge in [0.25, 0.3) is 0 Å². The SMILES string of the molecule is CCS(=O)(=O)N(C)c1cc(Cl)ccc1C(=O)C(C(=O)OC(C)(C)C)C(=O)C1CC1. The summed E-state index contributed by atoms with van der Waals surface area (Å²) in [6, 6.07) is 4.08. The summed E-state index contributed by atoms with van der Waals surface area (Å²) in [6.07, 6.45) is 1.23. The third-order valence-electron chi connectivity index (χ3n) is 4.52. The van der Waals surface area contributed by atoms with Crippen molar-refractivity contribution in [1.29, 1.82) is 0 Å². The number of benzene rings is 1. The molecule has 1 atom stereocenters. The molecule has 1 unspecified atom stereocenters. The minimum atomic E-state index is -3.70. The number of esters is 1. The second kappa shape index (κ2) is 8.44. The summed E-state index contributed by atoms with van der Waals surface area (Å²) in [7, 11) is -2.40. The minimum absolute atomic E-state index is 0.0153. The quantitative estimate of drug-likeness (QED) is 0.347. The van der Waals surface area contributed by atoms with Crippen molar-refractivity contribution in [2.24, 2.45) is 11.8 Å². The van der Waals surface area contributed by atoms with Gasteiger partial charge in [0.05, 0.1) is 11.4 Å². The average molecular weight is 444 g/mol. The van der Waals surface area contributed by atoms with Crippen LogP contribution in [0, 0.1) is 11.8 Å². The van der Waals surface area contributed by atoms with Crippen molar-refractivity contribution in [3.63, 3.8) is 0 Å². The number of carbonyl (C=O) groups excluding carboxylic acids is 3. The third-order valence-corrected chi connectivity index (χ3v) is 6.51. The summed E-state index contributed by atoms with van der Waals surface area (Å²) in [5.74, 6) is -4.41. The maximum atomic E-state index is 13.3. The van der Waals surface area contributed by atoms with Gasteiger partial charge >= 0.3 is 5.97 Å². The fourth-order valence-electron chi connectivity index (χ4n) is 2.79. The van der Waals surface area contributed by atoms with Gasteiger partial charge < -0.3 is 4.74 Å². The van der Waals surface area contributed by atoms with Crippen LogP contribution >= 0.6 is 11.6 Å². The number of sulfonamides is 1. The third kappa shape index (κ3) is 5.57. The summed E-state index contributed by atoms with van der Waals surface area (Å²) in [6.45, 7) is 6.40. The number of ketones is 2. The summed E-state index contributed by atoms with van der Waals surface area (Å²) in [5, 5.41) is 0.219. The standard InChI is InChI=1S/C20H26ClNO6S/c1-6-29(26,27)22(5)15-11-13(21)9-10-14(15)18(24)16(17(23)12-7-8-12)19(25)28-20(2,3)4/h9-12,16H,6-8H2,1-5H3. The Morgan fingerprint density at radius 2 is 1.83 bits per heavy atom. The Kier molecular flexibility index (Phi) is 6.79. The molecule has 0 spiro atoms. The zero-order chi connectivity index (χ0) is 22.1. The molecule has 1 aromatic rings. The van der Waals surface area contributed by atoms with E-state index < -0.39 is 39.1 Å². The number of hydrogen-bond acceptors (Lipinski definition) is 6. The molecule has 0 heterocycles. The van der Waals surface area contributed by atoms with Gasteiger partial charge in [-0.2, -0.15) is 0 Å². The first-order chi connectivity index (χ1) is 13.3. The fraction of sp³-hybridized carbons (Fsp3) is 0.550. The Balaban J connectivity index is 2.53. The van der Waals surface area contributed by atoms with Gasteiger partial charge in [0.2, 0.25) is 10.0 Å². The molecule has 0 saturated heterocycles. The normalized spacial score (nSPS) is 15.5. The van der Waals surface area contributed by atoms with Crippen molar-refractivity contribution in [1.82, 2.24) is 0 Å². The highest BCUT2D eigenvalue weighted by Crippen LogP contribution is 2.36. The van der Waals surface area contributed by atoms with Gasteiger partial charge in [-0.05, 0) is 58.7 Å². The van der Waals surface area contributed by atoms with Crippen molar-refractivity contribution in [2.75, 3.05) is 17.1 Å². The number of anilines is 1. The second-order valence-corrected chi connectivity index (χ2v) is 10.8. The molecule has 160 valence electrons. The zero-order valence-electron chi connectivity index (χ0n) is 17.2. The lowest BCUT2D eigenvalue weighted by atomic mass is 9.90. The lowest BCUT2D eigenvalue weighted by Gasteiger charge is -2.25. The average Bonchev–Trinajstić information content (AvgIpc) is 3.44. The van der Waals surface area contributed by atoms with Crippen LogP contribution in [-0.4, -0.2) is 44.4 Å². The first-order valence-electron chi connectivity index (χ1n) is 9.35. The van der Waals surface area contributed by atoms with E-state index in [0.717, 1.165) is 4.31 Å². The maximum absolute atomic E-state index is 13.3. The maximum Gasteiger partial charge on any atom is 0.325 e. The monoisotopic (exact) mass is 443 g/mol. The fourth-order valence-corrected chi connectivity index (χ4v) is 3.79. The molecular formula is C20H26ClNO6S. The highest BCUT2D eigenvalue weighted by Gasteiger charge is 2.45. The van der Waals surface area contributed by atoms with E-state index in [9.17, 15) is 22.8 Å². The molecule has 0 N–H and O–H groups in total. The predicted molar refractivity (Wildman–Crippen MR) is 111 cm³/mol.